The predicted molar refractivity (Wildman–Crippen MR) is 41.3 cm³/mol. The van der Waals surface area contributed by atoms with Crippen molar-refractivity contribution >= 4 is 5.97 Å². The van der Waals surface area contributed by atoms with E-state index >= 15 is 0 Å². The molecule has 2 atom stereocenters. The molecule has 5 nitrogen and oxygen atoms in total. The van der Waals surface area contributed by atoms with Crippen LogP contribution in [0, 0.1) is 5.41 Å². The highest BCUT2D eigenvalue weighted by molar-refractivity contribution is 5.79. The molecule has 2 unspecified atom stereocenters. The van der Waals surface area contributed by atoms with Crippen molar-refractivity contribution in [1.82, 2.24) is 0 Å². The lowest BCUT2D eigenvalue weighted by molar-refractivity contribution is -0.213. The third-order valence-corrected chi connectivity index (χ3v) is 3.09. The van der Waals surface area contributed by atoms with Crippen LogP contribution in [-0.2, 0) is 14.5 Å². The molecule has 1 rings (SSSR count). The molecule has 0 saturated heterocycles. The second kappa shape index (κ2) is 2.69. The van der Waals surface area contributed by atoms with E-state index in [1.807, 2.05) is 0 Å². The summed E-state index contributed by atoms with van der Waals surface area (Å²) in [6, 6.07) is 0. The van der Waals surface area contributed by atoms with Gasteiger partial charge >= 0.3 is 5.97 Å². The van der Waals surface area contributed by atoms with Gasteiger partial charge in [0.25, 0.3) is 0 Å². The smallest absolute Gasteiger partial charge is 0.333 e. The summed E-state index contributed by atoms with van der Waals surface area (Å²) in [4.78, 5) is 20.1. The highest BCUT2D eigenvalue weighted by Gasteiger charge is 2.60. The zero-order valence-electron chi connectivity index (χ0n) is 7.29. The van der Waals surface area contributed by atoms with E-state index in [0.717, 1.165) is 6.42 Å². The van der Waals surface area contributed by atoms with Crippen molar-refractivity contribution in [2.24, 2.45) is 17.2 Å². The van der Waals surface area contributed by atoms with Gasteiger partial charge in [-0.15, -0.1) is 0 Å². The van der Waals surface area contributed by atoms with Crippen LogP contribution >= 0.6 is 0 Å². The summed E-state index contributed by atoms with van der Waals surface area (Å²) in [5, 5.41) is 0. The number of carbonyl (C=O) groups excluding carboxylic acids is 1. The third-order valence-electron chi connectivity index (χ3n) is 3.09. The SMILES string of the molecule is CC1(ON)CCC1(C)C(=O)ON. The maximum atomic E-state index is 11.2. The molecule has 0 aromatic heterocycles. The minimum atomic E-state index is -0.698. The maximum Gasteiger partial charge on any atom is 0.333 e. The van der Waals surface area contributed by atoms with E-state index in [-0.39, 0.29) is 0 Å². The number of nitrogens with two attached hydrogens (primary N) is 2. The van der Waals surface area contributed by atoms with E-state index in [9.17, 15) is 4.79 Å². The number of rotatable bonds is 2. The molecule has 1 aliphatic carbocycles. The van der Waals surface area contributed by atoms with Crippen LogP contribution in [0.4, 0.5) is 0 Å². The fourth-order valence-corrected chi connectivity index (χ4v) is 1.49. The van der Waals surface area contributed by atoms with E-state index < -0.39 is 17.0 Å². The van der Waals surface area contributed by atoms with Gasteiger partial charge in [0.05, 0.1) is 5.41 Å². The Morgan fingerprint density at radius 1 is 1.33 bits per heavy atom. The van der Waals surface area contributed by atoms with E-state index in [0.29, 0.717) is 6.42 Å². The van der Waals surface area contributed by atoms with Gasteiger partial charge in [0.1, 0.15) is 5.60 Å². The summed E-state index contributed by atoms with van der Waals surface area (Å²) >= 11 is 0. The van der Waals surface area contributed by atoms with Crippen LogP contribution in [0.3, 0.4) is 0 Å². The molecular weight excluding hydrogens is 160 g/mol. The van der Waals surface area contributed by atoms with Crippen molar-refractivity contribution in [1.29, 1.82) is 0 Å². The predicted octanol–water partition coefficient (Wildman–Crippen LogP) is -0.148. The Kier molecular flexibility index (Phi) is 2.11. The molecular formula is C7H14N2O3. The van der Waals surface area contributed by atoms with Gasteiger partial charge in [-0.2, -0.15) is 5.90 Å². The molecule has 70 valence electrons. The Morgan fingerprint density at radius 2 is 1.92 bits per heavy atom. The summed E-state index contributed by atoms with van der Waals surface area (Å²) in [5.41, 5.74) is -1.33. The summed E-state index contributed by atoms with van der Waals surface area (Å²) < 4.78 is 0. The Bertz CT molecular complexity index is 205. The number of carbonyl (C=O) groups is 1. The van der Waals surface area contributed by atoms with Gasteiger partial charge in [0, 0.05) is 0 Å². The van der Waals surface area contributed by atoms with E-state index in [1.165, 1.54) is 0 Å². The Hall–Kier alpha value is -0.650. The molecule has 1 fully saturated rings. The van der Waals surface area contributed by atoms with Gasteiger partial charge in [-0.05, 0) is 26.7 Å². The van der Waals surface area contributed by atoms with Gasteiger partial charge in [-0.25, -0.2) is 10.7 Å². The van der Waals surface area contributed by atoms with Gasteiger partial charge in [-0.1, -0.05) is 0 Å². The monoisotopic (exact) mass is 174 g/mol. The molecule has 0 amide bonds. The molecule has 0 aliphatic heterocycles. The van der Waals surface area contributed by atoms with Crippen LogP contribution in [0.25, 0.3) is 0 Å². The maximum absolute atomic E-state index is 11.2. The fraction of sp³-hybridized carbons (Fsp3) is 0.857. The normalized spacial score (nSPS) is 40.3. The van der Waals surface area contributed by atoms with Crippen LogP contribution < -0.4 is 11.8 Å². The highest BCUT2D eigenvalue weighted by atomic mass is 16.7. The van der Waals surface area contributed by atoms with Crippen molar-refractivity contribution < 1.29 is 14.5 Å². The summed E-state index contributed by atoms with van der Waals surface area (Å²) in [6.45, 7) is 3.51. The first-order chi connectivity index (χ1) is 5.50. The topological polar surface area (TPSA) is 87.6 Å². The van der Waals surface area contributed by atoms with Gasteiger partial charge in [-0.3, -0.25) is 4.84 Å². The highest BCUT2D eigenvalue weighted by Crippen LogP contribution is 2.51. The molecule has 0 bridgehead atoms. The molecule has 0 heterocycles. The van der Waals surface area contributed by atoms with Crippen molar-refractivity contribution in [3.63, 3.8) is 0 Å². The molecule has 0 spiro atoms. The van der Waals surface area contributed by atoms with Crippen LogP contribution in [0.15, 0.2) is 0 Å². The minimum absolute atomic E-state index is 0.471. The average Bonchev–Trinajstić information content (AvgIpc) is 2.11. The second-order valence-corrected chi connectivity index (χ2v) is 3.59. The van der Waals surface area contributed by atoms with Crippen molar-refractivity contribution in [3.05, 3.63) is 0 Å². The van der Waals surface area contributed by atoms with Crippen LogP contribution in [-0.4, -0.2) is 11.6 Å². The van der Waals surface area contributed by atoms with E-state index in [4.69, 9.17) is 16.6 Å². The Morgan fingerprint density at radius 3 is 2.17 bits per heavy atom. The second-order valence-electron chi connectivity index (χ2n) is 3.59. The largest absolute Gasteiger partial charge is 0.373 e. The average molecular weight is 174 g/mol. The summed E-state index contributed by atoms with van der Waals surface area (Å²) in [5.74, 6) is 9.41. The van der Waals surface area contributed by atoms with E-state index in [2.05, 4.69) is 4.84 Å². The first-order valence-electron chi connectivity index (χ1n) is 3.79. The van der Waals surface area contributed by atoms with E-state index in [1.54, 1.807) is 13.8 Å². The zero-order chi connectivity index (χ0) is 9.41. The summed E-state index contributed by atoms with van der Waals surface area (Å²) in [6.07, 6.45) is 1.44. The molecule has 1 saturated carbocycles. The zero-order valence-corrected chi connectivity index (χ0v) is 7.29. The lowest BCUT2D eigenvalue weighted by Gasteiger charge is -2.51. The van der Waals surface area contributed by atoms with Gasteiger partial charge in [0.15, 0.2) is 0 Å². The third kappa shape index (κ3) is 0.939. The lowest BCUT2D eigenvalue weighted by atomic mass is 9.58. The van der Waals surface area contributed by atoms with Crippen molar-refractivity contribution in [2.75, 3.05) is 0 Å². The van der Waals surface area contributed by atoms with Gasteiger partial charge in [0.2, 0.25) is 0 Å². The molecule has 0 aromatic rings. The Balaban J connectivity index is 2.79. The first-order valence-corrected chi connectivity index (χ1v) is 3.79. The minimum Gasteiger partial charge on any atom is -0.373 e. The van der Waals surface area contributed by atoms with Crippen LogP contribution in [0.2, 0.25) is 0 Å². The standard InChI is InChI=1S/C7H14N2O3/c1-6(5(10)11-8)3-4-7(6,2)12-9/h3-4,8-9H2,1-2H3. The number of hydrogen-bond donors (Lipinski definition) is 2. The van der Waals surface area contributed by atoms with Gasteiger partial charge < -0.3 is 4.84 Å². The van der Waals surface area contributed by atoms with Crippen LogP contribution in [0.1, 0.15) is 26.7 Å². The van der Waals surface area contributed by atoms with Crippen molar-refractivity contribution in [3.8, 4) is 0 Å². The van der Waals surface area contributed by atoms with Crippen LogP contribution in [0.5, 0.6) is 0 Å². The summed E-state index contributed by atoms with van der Waals surface area (Å²) in [7, 11) is 0. The Labute approximate surface area is 70.9 Å². The molecule has 0 radical (unpaired) electrons. The fourth-order valence-electron chi connectivity index (χ4n) is 1.49. The lowest BCUT2D eigenvalue weighted by Crippen LogP contribution is -2.61. The first kappa shape index (κ1) is 9.44. The molecule has 0 aromatic carbocycles. The molecule has 5 heteroatoms. The molecule has 4 N–H and O–H groups in total. The quantitative estimate of drug-likeness (QED) is 0.568. The molecule has 1 aliphatic rings. The van der Waals surface area contributed by atoms with Crippen molar-refractivity contribution in [2.45, 2.75) is 32.3 Å². The number of hydrogen-bond acceptors (Lipinski definition) is 5. The molecule has 12 heavy (non-hydrogen) atoms.